The number of halogens is 1. The Morgan fingerprint density at radius 3 is 2.87 bits per heavy atom. The smallest absolute Gasteiger partial charge is 0.260 e. The molecule has 0 spiro atoms. The Labute approximate surface area is 142 Å². The van der Waals surface area contributed by atoms with Gasteiger partial charge in [-0.1, -0.05) is 24.4 Å². The quantitative estimate of drug-likeness (QED) is 0.846. The number of ether oxygens (including phenoxy) is 1. The lowest BCUT2D eigenvalue weighted by Crippen LogP contribution is -2.51. The molecule has 1 saturated carbocycles. The van der Waals surface area contributed by atoms with Crippen molar-refractivity contribution in [1.82, 2.24) is 4.90 Å². The summed E-state index contributed by atoms with van der Waals surface area (Å²) in [5, 5.41) is 9.21. The number of piperidine rings is 1. The molecule has 4 nitrogen and oxygen atoms in total. The summed E-state index contributed by atoms with van der Waals surface area (Å²) in [4.78, 5) is 14.6. The third-order valence-electron chi connectivity index (χ3n) is 4.98. The van der Waals surface area contributed by atoms with Gasteiger partial charge in [-0.25, -0.2) is 0 Å². The SMILES string of the molecule is N#Cc1ccc(OCC(=O)N2CCC[C@@H]3CCCC[C@H]32)c(Cl)c1. The van der Waals surface area contributed by atoms with Crippen molar-refractivity contribution < 1.29 is 9.53 Å². The normalized spacial score (nSPS) is 23.7. The minimum Gasteiger partial charge on any atom is -0.482 e. The Hall–Kier alpha value is -1.73. The first-order chi connectivity index (χ1) is 11.2. The first-order valence-electron chi connectivity index (χ1n) is 8.31. The standard InChI is InChI=1S/C18H21ClN2O2/c19-15-10-13(11-20)7-8-17(15)23-12-18(22)21-9-3-5-14-4-1-2-6-16(14)21/h7-8,10,14,16H,1-6,9,12H2/t14-,16+/m0/s1. The zero-order chi connectivity index (χ0) is 16.2. The second-order valence-electron chi connectivity index (χ2n) is 6.39. The van der Waals surface area contributed by atoms with Crippen LogP contribution >= 0.6 is 11.6 Å². The van der Waals surface area contributed by atoms with Gasteiger partial charge in [0.1, 0.15) is 5.75 Å². The van der Waals surface area contributed by atoms with Gasteiger partial charge in [0, 0.05) is 12.6 Å². The van der Waals surface area contributed by atoms with Crippen LogP contribution in [0.15, 0.2) is 18.2 Å². The molecule has 1 aliphatic carbocycles. The number of nitrogens with zero attached hydrogens (tertiary/aromatic N) is 2. The van der Waals surface area contributed by atoms with E-state index in [1.165, 1.54) is 25.7 Å². The van der Waals surface area contributed by atoms with Gasteiger partial charge in [0.2, 0.25) is 0 Å². The maximum atomic E-state index is 12.6. The lowest BCUT2D eigenvalue weighted by molar-refractivity contribution is -0.139. The zero-order valence-electron chi connectivity index (χ0n) is 13.1. The van der Waals surface area contributed by atoms with Gasteiger partial charge in [0.25, 0.3) is 5.91 Å². The minimum atomic E-state index is 0.00877. The number of likely N-dealkylation sites (tertiary alicyclic amines) is 1. The molecule has 1 aromatic rings. The predicted molar refractivity (Wildman–Crippen MR) is 88.4 cm³/mol. The van der Waals surface area contributed by atoms with Crippen molar-refractivity contribution in [3.63, 3.8) is 0 Å². The van der Waals surface area contributed by atoms with Crippen LogP contribution < -0.4 is 4.74 Å². The number of fused-ring (bicyclic) bond motifs is 1. The van der Waals surface area contributed by atoms with Crippen molar-refractivity contribution in [2.45, 2.75) is 44.6 Å². The van der Waals surface area contributed by atoms with E-state index in [1.807, 2.05) is 11.0 Å². The largest absolute Gasteiger partial charge is 0.482 e. The molecule has 1 heterocycles. The van der Waals surface area contributed by atoms with Crippen LogP contribution in [0.3, 0.4) is 0 Å². The van der Waals surface area contributed by atoms with E-state index >= 15 is 0 Å². The summed E-state index contributed by atoms with van der Waals surface area (Å²) in [5.41, 5.74) is 0.481. The highest BCUT2D eigenvalue weighted by Gasteiger charge is 2.35. The fourth-order valence-electron chi connectivity index (χ4n) is 3.84. The maximum absolute atomic E-state index is 12.6. The maximum Gasteiger partial charge on any atom is 0.260 e. The van der Waals surface area contributed by atoms with E-state index in [-0.39, 0.29) is 12.5 Å². The molecule has 0 unspecified atom stereocenters. The van der Waals surface area contributed by atoms with Crippen LogP contribution in [0.5, 0.6) is 5.75 Å². The molecular weight excluding hydrogens is 312 g/mol. The van der Waals surface area contributed by atoms with Gasteiger partial charge in [-0.05, 0) is 49.8 Å². The fraction of sp³-hybridized carbons (Fsp3) is 0.556. The van der Waals surface area contributed by atoms with E-state index in [0.29, 0.717) is 28.3 Å². The number of benzene rings is 1. The summed E-state index contributed by atoms with van der Waals surface area (Å²) in [6, 6.07) is 7.27. The zero-order valence-corrected chi connectivity index (χ0v) is 13.9. The average molecular weight is 333 g/mol. The molecule has 2 fully saturated rings. The molecule has 0 N–H and O–H groups in total. The number of hydrogen-bond donors (Lipinski definition) is 0. The Balaban J connectivity index is 1.61. The summed E-state index contributed by atoms with van der Waals surface area (Å²) >= 11 is 6.09. The van der Waals surface area contributed by atoms with E-state index < -0.39 is 0 Å². The van der Waals surface area contributed by atoms with Crippen LogP contribution in [-0.2, 0) is 4.79 Å². The van der Waals surface area contributed by atoms with Crippen molar-refractivity contribution in [3.05, 3.63) is 28.8 Å². The lowest BCUT2D eigenvalue weighted by Gasteiger charge is -2.44. The lowest BCUT2D eigenvalue weighted by atomic mass is 9.78. The molecule has 23 heavy (non-hydrogen) atoms. The molecule has 2 atom stereocenters. The summed E-state index contributed by atoms with van der Waals surface area (Å²) in [6.07, 6.45) is 7.21. The van der Waals surface area contributed by atoms with Gasteiger partial charge >= 0.3 is 0 Å². The number of amides is 1. The Morgan fingerprint density at radius 2 is 2.09 bits per heavy atom. The highest BCUT2D eigenvalue weighted by atomic mass is 35.5. The average Bonchev–Trinajstić information content (AvgIpc) is 2.59. The molecule has 1 aromatic carbocycles. The molecule has 1 aliphatic heterocycles. The molecule has 5 heteroatoms. The number of carbonyl (C=O) groups is 1. The molecule has 122 valence electrons. The monoisotopic (exact) mass is 332 g/mol. The van der Waals surface area contributed by atoms with E-state index in [2.05, 4.69) is 0 Å². The van der Waals surface area contributed by atoms with Crippen LogP contribution in [0, 0.1) is 17.2 Å². The molecule has 3 rings (SSSR count). The Bertz CT molecular complexity index is 624. The molecule has 0 aromatic heterocycles. The van der Waals surface area contributed by atoms with Gasteiger partial charge in [0.05, 0.1) is 16.7 Å². The molecular formula is C18H21ClN2O2. The Morgan fingerprint density at radius 1 is 1.30 bits per heavy atom. The van der Waals surface area contributed by atoms with Crippen molar-refractivity contribution >= 4 is 17.5 Å². The van der Waals surface area contributed by atoms with Gasteiger partial charge < -0.3 is 9.64 Å². The highest BCUT2D eigenvalue weighted by Crippen LogP contribution is 2.35. The third-order valence-corrected chi connectivity index (χ3v) is 5.27. The molecule has 1 saturated heterocycles. The first-order valence-corrected chi connectivity index (χ1v) is 8.69. The van der Waals surface area contributed by atoms with Crippen LogP contribution in [0.2, 0.25) is 5.02 Å². The second-order valence-corrected chi connectivity index (χ2v) is 6.79. The number of carbonyl (C=O) groups excluding carboxylic acids is 1. The van der Waals surface area contributed by atoms with Crippen LogP contribution in [-0.4, -0.2) is 30.0 Å². The first kappa shape index (κ1) is 16.1. The third kappa shape index (κ3) is 3.61. The van der Waals surface area contributed by atoms with Gasteiger partial charge in [0.15, 0.2) is 6.61 Å². The molecule has 0 radical (unpaired) electrons. The number of hydrogen-bond acceptors (Lipinski definition) is 3. The summed E-state index contributed by atoms with van der Waals surface area (Å²) in [5.74, 6) is 1.16. The summed E-state index contributed by atoms with van der Waals surface area (Å²) < 4.78 is 5.60. The van der Waals surface area contributed by atoms with Crippen LogP contribution in [0.1, 0.15) is 44.1 Å². The molecule has 1 amide bonds. The van der Waals surface area contributed by atoms with E-state index in [0.717, 1.165) is 19.4 Å². The van der Waals surface area contributed by atoms with E-state index in [4.69, 9.17) is 21.6 Å². The van der Waals surface area contributed by atoms with Crippen molar-refractivity contribution in [1.29, 1.82) is 5.26 Å². The van der Waals surface area contributed by atoms with Crippen molar-refractivity contribution in [3.8, 4) is 11.8 Å². The topological polar surface area (TPSA) is 53.3 Å². The number of nitriles is 1. The van der Waals surface area contributed by atoms with Crippen molar-refractivity contribution in [2.24, 2.45) is 5.92 Å². The van der Waals surface area contributed by atoms with E-state index in [9.17, 15) is 4.79 Å². The van der Waals surface area contributed by atoms with Crippen molar-refractivity contribution in [2.75, 3.05) is 13.2 Å². The van der Waals surface area contributed by atoms with E-state index in [1.54, 1.807) is 18.2 Å². The summed E-state index contributed by atoms with van der Waals surface area (Å²) in [6.45, 7) is 0.847. The fourth-order valence-corrected chi connectivity index (χ4v) is 4.08. The highest BCUT2D eigenvalue weighted by molar-refractivity contribution is 6.32. The van der Waals surface area contributed by atoms with Crippen LogP contribution in [0.4, 0.5) is 0 Å². The molecule has 0 bridgehead atoms. The van der Waals surface area contributed by atoms with Crippen LogP contribution in [0.25, 0.3) is 0 Å². The Kier molecular flexibility index (Phi) is 5.07. The molecule has 2 aliphatic rings. The van der Waals surface area contributed by atoms with Gasteiger partial charge in [-0.15, -0.1) is 0 Å². The summed E-state index contributed by atoms with van der Waals surface area (Å²) in [7, 11) is 0. The second kappa shape index (κ2) is 7.23. The van der Waals surface area contributed by atoms with Gasteiger partial charge in [-0.2, -0.15) is 5.26 Å². The van der Waals surface area contributed by atoms with Gasteiger partial charge in [-0.3, -0.25) is 4.79 Å². The minimum absolute atomic E-state index is 0.00877. The number of rotatable bonds is 3. The predicted octanol–water partition coefficient (Wildman–Crippen LogP) is 3.77.